The van der Waals surface area contributed by atoms with Gasteiger partial charge in [0.25, 0.3) is 0 Å². The molecule has 0 heterocycles. The second-order valence-electron chi connectivity index (χ2n) is 6.02. The Labute approximate surface area is 141 Å². The van der Waals surface area contributed by atoms with Crippen molar-refractivity contribution in [3.8, 4) is 11.1 Å². The van der Waals surface area contributed by atoms with Crippen LogP contribution in [0.1, 0.15) is 24.0 Å². The molecule has 130 valence electrons. The van der Waals surface area contributed by atoms with Gasteiger partial charge in [0.15, 0.2) is 0 Å². The van der Waals surface area contributed by atoms with Crippen molar-refractivity contribution >= 4 is 11.9 Å². The van der Waals surface area contributed by atoms with Gasteiger partial charge >= 0.3 is 12.1 Å². The van der Waals surface area contributed by atoms with Crippen LogP contribution in [0.15, 0.2) is 48.5 Å². The highest BCUT2D eigenvalue weighted by Gasteiger charge is 2.59. The Bertz CT molecular complexity index is 817. The quantitative estimate of drug-likeness (QED) is 0.893. The molecule has 2 N–H and O–H groups in total. The Balaban J connectivity index is 2.05. The van der Waals surface area contributed by atoms with E-state index in [-0.39, 0.29) is 0 Å². The Morgan fingerprint density at radius 3 is 1.80 bits per heavy atom. The van der Waals surface area contributed by atoms with Gasteiger partial charge in [-0.2, -0.15) is 13.2 Å². The number of hydrogen-bond acceptors (Lipinski definition) is 2. The lowest BCUT2D eigenvalue weighted by Crippen LogP contribution is -2.62. The molecule has 0 radical (unpaired) electrons. The predicted molar refractivity (Wildman–Crippen MR) is 84.0 cm³/mol. The van der Waals surface area contributed by atoms with Crippen LogP contribution in [0.4, 0.5) is 13.2 Å². The van der Waals surface area contributed by atoms with E-state index >= 15 is 0 Å². The summed E-state index contributed by atoms with van der Waals surface area (Å²) in [6.45, 7) is 0.444. The number of halogens is 3. The Hall–Kier alpha value is -2.83. The summed E-state index contributed by atoms with van der Waals surface area (Å²) in [5, 5.41) is 10.7. The molecular formula is C18H14F3NO3. The van der Waals surface area contributed by atoms with E-state index in [0.717, 1.165) is 11.1 Å². The van der Waals surface area contributed by atoms with Crippen LogP contribution in [0, 0.1) is 0 Å². The molecule has 7 heteroatoms. The lowest BCUT2D eigenvalue weighted by molar-refractivity contribution is -0.207. The van der Waals surface area contributed by atoms with E-state index in [1.165, 1.54) is 0 Å². The zero-order valence-electron chi connectivity index (χ0n) is 13.1. The highest BCUT2D eigenvalue weighted by Crippen LogP contribution is 2.45. The molecular weight excluding hydrogens is 335 g/mol. The summed E-state index contributed by atoms with van der Waals surface area (Å²) in [6, 6.07) is 13.8. The molecule has 1 aliphatic rings. The molecule has 4 nitrogen and oxygen atoms in total. The monoisotopic (exact) mass is 349 g/mol. The average molecular weight is 349 g/mol. The van der Waals surface area contributed by atoms with Crippen LogP contribution >= 0.6 is 0 Å². The number of alkyl halides is 3. The fourth-order valence-electron chi connectivity index (χ4n) is 3.00. The number of rotatable bonds is 3. The fraction of sp³-hybridized carbons (Fsp3) is 0.222. The van der Waals surface area contributed by atoms with Crippen LogP contribution in [0.5, 0.6) is 0 Å². The van der Waals surface area contributed by atoms with Crippen LogP contribution in [-0.2, 0) is 9.59 Å². The molecule has 0 aromatic heterocycles. The van der Waals surface area contributed by atoms with Crippen molar-refractivity contribution in [2.75, 3.05) is 0 Å². The molecule has 0 saturated carbocycles. The van der Waals surface area contributed by atoms with Gasteiger partial charge in [0.1, 0.15) is 0 Å². The van der Waals surface area contributed by atoms with E-state index in [4.69, 9.17) is 5.11 Å². The smallest absolute Gasteiger partial charge is 0.422 e. The molecule has 3 rings (SSSR count). The highest BCUT2D eigenvalue weighted by atomic mass is 19.4. The molecule has 2 aromatic carbocycles. The minimum absolute atomic E-state index is 0.444. The van der Waals surface area contributed by atoms with E-state index in [9.17, 15) is 22.8 Å². The first kappa shape index (κ1) is 17.0. The Kier molecular flexibility index (Phi) is 3.82. The number of amides is 1. The van der Waals surface area contributed by atoms with E-state index in [2.05, 4.69) is 0 Å². The van der Waals surface area contributed by atoms with Gasteiger partial charge in [-0.05, 0) is 29.2 Å². The van der Waals surface area contributed by atoms with Crippen LogP contribution in [-0.4, -0.2) is 28.7 Å². The van der Waals surface area contributed by atoms with Crippen molar-refractivity contribution in [3.05, 3.63) is 59.7 Å². The third-order valence-electron chi connectivity index (χ3n) is 4.46. The number of hydrogen-bond donors (Lipinski definition) is 2. The zero-order valence-corrected chi connectivity index (χ0v) is 13.1. The maximum absolute atomic E-state index is 13.2. The van der Waals surface area contributed by atoms with Gasteiger partial charge in [-0.25, -0.2) is 4.79 Å². The predicted octanol–water partition coefficient (Wildman–Crippen LogP) is 3.32. The van der Waals surface area contributed by atoms with Crippen LogP contribution in [0.3, 0.4) is 0 Å². The van der Waals surface area contributed by atoms with Gasteiger partial charge in [0, 0.05) is 0 Å². The largest absolute Gasteiger partial charge is 0.479 e. The molecule has 25 heavy (non-hydrogen) atoms. The summed E-state index contributed by atoms with van der Waals surface area (Å²) in [7, 11) is 0. The Morgan fingerprint density at radius 2 is 1.40 bits per heavy atom. The van der Waals surface area contributed by atoms with Gasteiger partial charge < -0.3 is 10.4 Å². The average Bonchev–Trinajstić information content (AvgIpc) is 2.88. The van der Waals surface area contributed by atoms with Gasteiger partial charge in [0.05, 0.1) is 5.92 Å². The van der Waals surface area contributed by atoms with Crippen molar-refractivity contribution in [2.45, 2.75) is 24.6 Å². The maximum atomic E-state index is 13.2. The van der Waals surface area contributed by atoms with Crippen molar-refractivity contribution < 1.29 is 27.9 Å². The third-order valence-corrected chi connectivity index (χ3v) is 4.46. The van der Waals surface area contributed by atoms with Crippen molar-refractivity contribution in [1.82, 2.24) is 5.32 Å². The standard InChI is InChI=1S/C18H14F3NO3/c1-17(16(24)25,18(19,20)21)22-15(23)14-12-8-4-2-6-10(12)11-7-3-5-9-13(11)14/h2-9,14H,1H3,(H,22,23)(H,24,25). The SMILES string of the molecule is CC(NC(=O)C1c2ccccc2-c2ccccc21)(C(=O)O)C(F)(F)F. The minimum Gasteiger partial charge on any atom is -0.479 e. The summed E-state index contributed by atoms with van der Waals surface area (Å²) in [4.78, 5) is 23.8. The molecule has 0 bridgehead atoms. The van der Waals surface area contributed by atoms with E-state index in [1.54, 1.807) is 53.8 Å². The second-order valence-corrected chi connectivity index (χ2v) is 6.02. The molecule has 1 atom stereocenters. The molecule has 0 spiro atoms. The van der Waals surface area contributed by atoms with Gasteiger partial charge in [0.2, 0.25) is 11.4 Å². The number of carbonyl (C=O) groups excluding carboxylic acids is 1. The van der Waals surface area contributed by atoms with Crippen molar-refractivity contribution in [2.24, 2.45) is 0 Å². The summed E-state index contributed by atoms with van der Waals surface area (Å²) < 4.78 is 39.6. The summed E-state index contributed by atoms with van der Waals surface area (Å²) in [6.07, 6.45) is -5.13. The number of carboxylic acid groups (broad SMARTS) is 1. The summed E-state index contributed by atoms with van der Waals surface area (Å²) in [5.74, 6) is -4.15. The molecule has 0 aliphatic heterocycles. The molecule has 1 amide bonds. The molecule has 0 saturated heterocycles. The van der Waals surface area contributed by atoms with E-state index in [0.29, 0.717) is 18.1 Å². The fourth-order valence-corrected chi connectivity index (χ4v) is 3.00. The van der Waals surface area contributed by atoms with E-state index < -0.39 is 29.5 Å². The zero-order chi connectivity index (χ0) is 18.4. The maximum Gasteiger partial charge on any atom is 0.422 e. The first-order valence-electron chi connectivity index (χ1n) is 7.47. The van der Waals surface area contributed by atoms with E-state index in [1.807, 2.05) is 0 Å². The number of aliphatic carboxylic acids is 1. The number of carboxylic acids is 1. The summed E-state index contributed by atoms with van der Waals surface area (Å²) >= 11 is 0. The normalized spacial score (nSPS) is 15.8. The number of carbonyl (C=O) groups is 2. The van der Waals surface area contributed by atoms with Crippen molar-refractivity contribution in [3.63, 3.8) is 0 Å². The lowest BCUT2D eigenvalue weighted by atomic mass is 9.93. The topological polar surface area (TPSA) is 66.4 Å². The van der Waals surface area contributed by atoms with Gasteiger partial charge in [-0.3, -0.25) is 4.79 Å². The molecule has 1 aliphatic carbocycles. The number of benzene rings is 2. The lowest BCUT2D eigenvalue weighted by Gasteiger charge is -2.30. The summed E-state index contributed by atoms with van der Waals surface area (Å²) in [5.41, 5.74) is -0.756. The first-order chi connectivity index (χ1) is 11.7. The van der Waals surface area contributed by atoms with Gasteiger partial charge in [-0.15, -0.1) is 0 Å². The molecule has 0 fully saturated rings. The Morgan fingerprint density at radius 1 is 0.960 bits per heavy atom. The second kappa shape index (κ2) is 5.61. The molecule has 1 unspecified atom stereocenters. The number of nitrogens with one attached hydrogen (secondary N) is 1. The van der Waals surface area contributed by atoms with Gasteiger partial charge in [-0.1, -0.05) is 48.5 Å². The van der Waals surface area contributed by atoms with Crippen LogP contribution in [0.2, 0.25) is 0 Å². The minimum atomic E-state index is -5.13. The first-order valence-corrected chi connectivity index (χ1v) is 7.47. The van der Waals surface area contributed by atoms with Crippen molar-refractivity contribution in [1.29, 1.82) is 0 Å². The number of fused-ring (bicyclic) bond motifs is 3. The third kappa shape index (κ3) is 2.56. The van der Waals surface area contributed by atoms with Crippen LogP contribution < -0.4 is 5.32 Å². The molecule has 2 aromatic rings. The highest BCUT2D eigenvalue weighted by molar-refractivity contribution is 5.98. The van der Waals surface area contributed by atoms with Crippen LogP contribution in [0.25, 0.3) is 11.1 Å².